The summed E-state index contributed by atoms with van der Waals surface area (Å²) >= 11 is 0. The van der Waals surface area contributed by atoms with Crippen LogP contribution in [0.5, 0.6) is 0 Å². The highest BCUT2D eigenvalue weighted by molar-refractivity contribution is 4.62. The Morgan fingerprint density at radius 3 is 2.75 bits per heavy atom. The molecule has 0 saturated carbocycles. The summed E-state index contributed by atoms with van der Waals surface area (Å²) in [6, 6.07) is 0. The average molecular weight is 174 g/mol. The van der Waals surface area contributed by atoms with Gasteiger partial charge in [0.05, 0.1) is 12.7 Å². The molecule has 0 bridgehead atoms. The first kappa shape index (κ1) is 9.96. The Labute approximate surface area is 73.7 Å². The molecule has 0 radical (unpaired) electrons. The fraction of sp³-hybridized carbons (Fsp3) is 1.00. The van der Waals surface area contributed by atoms with Crippen LogP contribution in [0.25, 0.3) is 0 Å². The van der Waals surface area contributed by atoms with Gasteiger partial charge in [-0.05, 0) is 33.1 Å². The zero-order valence-corrected chi connectivity index (χ0v) is 7.88. The summed E-state index contributed by atoms with van der Waals surface area (Å²) in [6.07, 6.45) is 2.51. The van der Waals surface area contributed by atoms with Gasteiger partial charge in [0.25, 0.3) is 0 Å². The smallest absolute Gasteiger partial charge is 0.162 e. The van der Waals surface area contributed by atoms with Crippen LogP contribution in [0.15, 0.2) is 0 Å². The highest BCUT2D eigenvalue weighted by Crippen LogP contribution is 2.16. The van der Waals surface area contributed by atoms with Gasteiger partial charge in [-0.3, -0.25) is 0 Å². The number of aliphatic hydroxyl groups is 1. The van der Waals surface area contributed by atoms with Crippen molar-refractivity contribution < 1.29 is 14.6 Å². The highest BCUT2D eigenvalue weighted by Gasteiger charge is 2.21. The van der Waals surface area contributed by atoms with Crippen molar-refractivity contribution in [1.82, 2.24) is 0 Å². The molecule has 0 spiro atoms. The van der Waals surface area contributed by atoms with Crippen molar-refractivity contribution in [2.24, 2.45) is 0 Å². The topological polar surface area (TPSA) is 38.7 Å². The maximum atomic E-state index is 9.39. The van der Waals surface area contributed by atoms with Crippen molar-refractivity contribution in [2.45, 2.75) is 45.0 Å². The predicted molar refractivity (Wildman–Crippen MR) is 45.8 cm³/mol. The molecule has 1 rings (SSSR count). The third-order valence-electron chi connectivity index (χ3n) is 2.00. The monoisotopic (exact) mass is 174 g/mol. The molecule has 1 unspecified atom stereocenters. The molecule has 12 heavy (non-hydrogen) atoms. The van der Waals surface area contributed by atoms with E-state index in [2.05, 4.69) is 0 Å². The van der Waals surface area contributed by atoms with Crippen LogP contribution in [-0.4, -0.2) is 30.2 Å². The van der Waals surface area contributed by atoms with Gasteiger partial charge < -0.3 is 14.6 Å². The minimum absolute atomic E-state index is 0.328. The molecule has 0 aromatic heterocycles. The van der Waals surface area contributed by atoms with Crippen LogP contribution in [0.1, 0.15) is 33.1 Å². The summed E-state index contributed by atoms with van der Waals surface area (Å²) in [7, 11) is 0. The number of hydrogen-bond donors (Lipinski definition) is 1. The van der Waals surface area contributed by atoms with Crippen LogP contribution >= 0.6 is 0 Å². The SMILES string of the molecule is CC1(C)OCCCCC(O)CO1. The summed E-state index contributed by atoms with van der Waals surface area (Å²) in [4.78, 5) is 0. The van der Waals surface area contributed by atoms with E-state index in [0.29, 0.717) is 6.61 Å². The van der Waals surface area contributed by atoms with E-state index in [1.54, 1.807) is 0 Å². The molecular weight excluding hydrogens is 156 g/mol. The molecule has 1 heterocycles. The second-order valence-corrected chi connectivity index (χ2v) is 3.71. The molecule has 0 aromatic carbocycles. The lowest BCUT2D eigenvalue weighted by molar-refractivity contribution is -0.220. The Kier molecular flexibility index (Phi) is 3.50. The van der Waals surface area contributed by atoms with Crippen molar-refractivity contribution in [3.8, 4) is 0 Å². The second-order valence-electron chi connectivity index (χ2n) is 3.71. The molecular formula is C9H18O3. The number of ether oxygens (including phenoxy) is 2. The van der Waals surface area contributed by atoms with E-state index < -0.39 is 5.79 Å². The number of hydrogen-bond acceptors (Lipinski definition) is 3. The Morgan fingerprint density at radius 2 is 2.00 bits per heavy atom. The molecule has 3 nitrogen and oxygen atoms in total. The molecule has 3 heteroatoms. The van der Waals surface area contributed by atoms with E-state index >= 15 is 0 Å². The van der Waals surface area contributed by atoms with Gasteiger partial charge in [-0.2, -0.15) is 0 Å². The number of aliphatic hydroxyl groups excluding tert-OH is 1. The third-order valence-corrected chi connectivity index (χ3v) is 2.00. The first-order valence-corrected chi connectivity index (χ1v) is 4.56. The van der Waals surface area contributed by atoms with Crippen LogP contribution in [0.2, 0.25) is 0 Å². The first-order chi connectivity index (χ1) is 5.60. The Morgan fingerprint density at radius 1 is 1.25 bits per heavy atom. The summed E-state index contributed by atoms with van der Waals surface area (Å²) in [6.45, 7) is 4.86. The van der Waals surface area contributed by atoms with Crippen LogP contribution < -0.4 is 0 Å². The van der Waals surface area contributed by atoms with E-state index in [4.69, 9.17) is 9.47 Å². The van der Waals surface area contributed by atoms with Gasteiger partial charge in [-0.1, -0.05) is 0 Å². The molecule has 1 aliphatic rings. The van der Waals surface area contributed by atoms with Crippen molar-refractivity contribution in [3.63, 3.8) is 0 Å². The molecule has 1 atom stereocenters. The molecule has 0 aromatic rings. The standard InChI is InChI=1S/C9H18O3/c1-9(2)11-6-4-3-5-8(10)7-12-9/h8,10H,3-7H2,1-2H3. The first-order valence-electron chi connectivity index (χ1n) is 4.56. The van der Waals surface area contributed by atoms with E-state index in [-0.39, 0.29) is 6.10 Å². The lowest BCUT2D eigenvalue weighted by atomic mass is 10.2. The van der Waals surface area contributed by atoms with E-state index in [1.165, 1.54) is 0 Å². The third kappa shape index (κ3) is 3.52. The Hall–Kier alpha value is -0.120. The van der Waals surface area contributed by atoms with Gasteiger partial charge in [0.1, 0.15) is 0 Å². The Bertz CT molecular complexity index is 134. The van der Waals surface area contributed by atoms with Crippen LogP contribution in [0, 0.1) is 0 Å². The summed E-state index contributed by atoms with van der Waals surface area (Å²) in [5.74, 6) is -0.536. The molecule has 0 aliphatic carbocycles. The van der Waals surface area contributed by atoms with E-state index in [9.17, 15) is 5.11 Å². The Balaban J connectivity index is 2.40. The molecule has 1 saturated heterocycles. The van der Waals surface area contributed by atoms with Crippen molar-refractivity contribution in [3.05, 3.63) is 0 Å². The summed E-state index contributed by atoms with van der Waals surface area (Å²) in [5.41, 5.74) is 0. The average Bonchev–Trinajstić information content (AvgIpc) is 2.05. The lowest BCUT2D eigenvalue weighted by Crippen LogP contribution is -2.31. The number of rotatable bonds is 0. The van der Waals surface area contributed by atoms with Crippen molar-refractivity contribution in [1.29, 1.82) is 0 Å². The summed E-state index contributed by atoms with van der Waals surface area (Å²) in [5, 5.41) is 9.39. The van der Waals surface area contributed by atoms with Gasteiger partial charge in [0, 0.05) is 6.61 Å². The lowest BCUT2D eigenvalue weighted by Gasteiger charge is -2.25. The van der Waals surface area contributed by atoms with Crippen LogP contribution in [0.3, 0.4) is 0 Å². The van der Waals surface area contributed by atoms with Gasteiger partial charge in [0.2, 0.25) is 0 Å². The quantitative estimate of drug-likeness (QED) is 0.601. The second kappa shape index (κ2) is 4.21. The van der Waals surface area contributed by atoms with Gasteiger partial charge in [0.15, 0.2) is 5.79 Å². The fourth-order valence-electron chi connectivity index (χ4n) is 1.22. The maximum absolute atomic E-state index is 9.39. The molecule has 0 amide bonds. The maximum Gasteiger partial charge on any atom is 0.162 e. The van der Waals surface area contributed by atoms with Gasteiger partial charge >= 0.3 is 0 Å². The van der Waals surface area contributed by atoms with Crippen LogP contribution in [0.4, 0.5) is 0 Å². The molecule has 1 fully saturated rings. The van der Waals surface area contributed by atoms with Crippen molar-refractivity contribution >= 4 is 0 Å². The van der Waals surface area contributed by atoms with E-state index in [0.717, 1.165) is 25.9 Å². The van der Waals surface area contributed by atoms with Gasteiger partial charge in [-0.25, -0.2) is 0 Å². The molecule has 1 aliphatic heterocycles. The minimum atomic E-state index is -0.536. The largest absolute Gasteiger partial charge is 0.391 e. The van der Waals surface area contributed by atoms with Crippen LogP contribution in [-0.2, 0) is 9.47 Å². The zero-order chi connectivity index (χ0) is 9.03. The van der Waals surface area contributed by atoms with Gasteiger partial charge in [-0.15, -0.1) is 0 Å². The highest BCUT2D eigenvalue weighted by atomic mass is 16.7. The normalized spacial score (nSPS) is 31.8. The fourth-order valence-corrected chi connectivity index (χ4v) is 1.22. The summed E-state index contributed by atoms with van der Waals surface area (Å²) < 4.78 is 10.9. The molecule has 1 N–H and O–H groups in total. The van der Waals surface area contributed by atoms with Crippen molar-refractivity contribution in [2.75, 3.05) is 13.2 Å². The zero-order valence-electron chi connectivity index (χ0n) is 7.88. The molecule has 72 valence electrons. The van der Waals surface area contributed by atoms with E-state index in [1.807, 2.05) is 13.8 Å². The predicted octanol–water partition coefficient (Wildman–Crippen LogP) is 1.30. The minimum Gasteiger partial charge on any atom is -0.391 e.